The number of rotatable bonds is 4. The molecule has 0 aliphatic carbocycles. The van der Waals surface area contributed by atoms with Gasteiger partial charge in [0, 0.05) is 0 Å². The average Bonchev–Trinajstić information content (AvgIpc) is 2.38. The zero-order valence-electron chi connectivity index (χ0n) is 11.5. The van der Waals surface area contributed by atoms with E-state index in [1.807, 2.05) is 19.1 Å². The number of aromatic nitrogens is 1. The second-order valence-corrected chi connectivity index (χ2v) is 5.86. The second kappa shape index (κ2) is 6.20. The van der Waals surface area contributed by atoms with E-state index in [2.05, 4.69) is 70.4 Å². The lowest BCUT2D eigenvalue weighted by Crippen LogP contribution is -2.17. The first kappa shape index (κ1) is 14.1. The van der Waals surface area contributed by atoms with E-state index in [0.29, 0.717) is 12.0 Å². The minimum Gasteiger partial charge on any atom is -0.377 e. The number of anilines is 1. The number of benzene rings is 1. The fourth-order valence-corrected chi connectivity index (χ4v) is 2.54. The van der Waals surface area contributed by atoms with Gasteiger partial charge in [0.1, 0.15) is 4.60 Å². The normalized spacial score (nSPS) is 12.5. The molecule has 0 fully saturated rings. The summed E-state index contributed by atoms with van der Waals surface area (Å²) >= 11 is 3.40. The Kier molecular flexibility index (Phi) is 4.59. The van der Waals surface area contributed by atoms with Gasteiger partial charge < -0.3 is 5.32 Å². The molecule has 0 saturated carbocycles. The lowest BCUT2D eigenvalue weighted by atomic mass is 9.95. The molecule has 0 bridgehead atoms. The summed E-state index contributed by atoms with van der Waals surface area (Å²) < 4.78 is 0.872. The van der Waals surface area contributed by atoms with Gasteiger partial charge in [-0.3, -0.25) is 0 Å². The standard InChI is InChI=1S/C16H19BrN2/c1-11(2)16(13-7-5-4-6-8-13)19-14-9-10-15(17)18-12(14)3/h4-11,16,19H,1-3H3. The molecule has 0 radical (unpaired) electrons. The van der Waals surface area contributed by atoms with Crippen LogP contribution in [0.15, 0.2) is 47.1 Å². The predicted octanol–water partition coefficient (Wildman–Crippen LogP) is 4.96. The molecule has 2 rings (SSSR count). The summed E-state index contributed by atoms with van der Waals surface area (Å²) in [5.74, 6) is 0.505. The molecule has 2 nitrogen and oxygen atoms in total. The van der Waals surface area contributed by atoms with Crippen LogP contribution in [-0.4, -0.2) is 4.98 Å². The van der Waals surface area contributed by atoms with Gasteiger partial charge in [-0.1, -0.05) is 44.2 Å². The molecule has 0 saturated heterocycles. The smallest absolute Gasteiger partial charge is 0.106 e. The van der Waals surface area contributed by atoms with Gasteiger partial charge in [-0.25, -0.2) is 4.98 Å². The number of hydrogen-bond acceptors (Lipinski definition) is 2. The van der Waals surface area contributed by atoms with Crippen LogP contribution in [0.3, 0.4) is 0 Å². The topological polar surface area (TPSA) is 24.9 Å². The van der Waals surface area contributed by atoms with Crippen molar-refractivity contribution in [1.82, 2.24) is 4.98 Å². The van der Waals surface area contributed by atoms with Crippen LogP contribution >= 0.6 is 15.9 Å². The molecule has 3 heteroatoms. The van der Waals surface area contributed by atoms with Crippen LogP contribution in [0.5, 0.6) is 0 Å². The number of aryl methyl sites for hydroxylation is 1. The van der Waals surface area contributed by atoms with E-state index < -0.39 is 0 Å². The van der Waals surface area contributed by atoms with Gasteiger partial charge in [0.2, 0.25) is 0 Å². The quantitative estimate of drug-likeness (QED) is 0.806. The predicted molar refractivity (Wildman–Crippen MR) is 84.3 cm³/mol. The third-order valence-corrected chi connectivity index (χ3v) is 3.63. The van der Waals surface area contributed by atoms with Crippen LogP contribution in [0, 0.1) is 12.8 Å². The van der Waals surface area contributed by atoms with Crippen molar-refractivity contribution in [2.24, 2.45) is 5.92 Å². The van der Waals surface area contributed by atoms with Gasteiger partial charge in [0.15, 0.2) is 0 Å². The molecule has 0 aliphatic rings. The lowest BCUT2D eigenvalue weighted by Gasteiger charge is -2.24. The van der Waals surface area contributed by atoms with Crippen molar-refractivity contribution in [3.05, 3.63) is 58.3 Å². The maximum atomic E-state index is 4.43. The number of halogens is 1. The Balaban J connectivity index is 2.27. The maximum Gasteiger partial charge on any atom is 0.106 e. The van der Waals surface area contributed by atoms with E-state index in [0.717, 1.165) is 16.0 Å². The van der Waals surface area contributed by atoms with Gasteiger partial charge in [-0.15, -0.1) is 0 Å². The summed E-state index contributed by atoms with van der Waals surface area (Å²) in [6.07, 6.45) is 0. The lowest BCUT2D eigenvalue weighted by molar-refractivity contribution is 0.546. The minimum absolute atomic E-state index is 0.294. The van der Waals surface area contributed by atoms with Gasteiger partial charge in [0.05, 0.1) is 17.4 Å². The Bertz CT molecular complexity index is 538. The Labute approximate surface area is 123 Å². The van der Waals surface area contributed by atoms with Crippen molar-refractivity contribution in [1.29, 1.82) is 0 Å². The summed E-state index contributed by atoms with van der Waals surface area (Å²) in [6.45, 7) is 6.48. The van der Waals surface area contributed by atoms with Crippen LogP contribution < -0.4 is 5.32 Å². The van der Waals surface area contributed by atoms with E-state index in [9.17, 15) is 0 Å². The first-order chi connectivity index (χ1) is 9.08. The third-order valence-electron chi connectivity index (χ3n) is 3.19. The molecule has 1 aromatic carbocycles. The molecule has 19 heavy (non-hydrogen) atoms. The third kappa shape index (κ3) is 3.57. The fourth-order valence-electron chi connectivity index (χ4n) is 2.15. The Morgan fingerprint density at radius 2 is 1.74 bits per heavy atom. The summed E-state index contributed by atoms with van der Waals surface area (Å²) in [6, 6.07) is 14.9. The molecule has 2 aromatic rings. The highest BCUT2D eigenvalue weighted by Crippen LogP contribution is 2.28. The highest BCUT2D eigenvalue weighted by molar-refractivity contribution is 9.10. The summed E-state index contributed by atoms with van der Waals surface area (Å²) in [5, 5.41) is 3.61. The van der Waals surface area contributed by atoms with E-state index in [-0.39, 0.29) is 0 Å². The molecule has 1 aromatic heterocycles. The van der Waals surface area contributed by atoms with Crippen molar-refractivity contribution in [3.63, 3.8) is 0 Å². The maximum absolute atomic E-state index is 4.43. The zero-order valence-corrected chi connectivity index (χ0v) is 13.1. The van der Waals surface area contributed by atoms with Gasteiger partial charge >= 0.3 is 0 Å². The largest absolute Gasteiger partial charge is 0.377 e. The van der Waals surface area contributed by atoms with Gasteiger partial charge in [0.25, 0.3) is 0 Å². The van der Waals surface area contributed by atoms with Crippen molar-refractivity contribution >= 4 is 21.6 Å². The van der Waals surface area contributed by atoms with E-state index in [1.165, 1.54) is 5.56 Å². The number of nitrogens with zero attached hydrogens (tertiary/aromatic N) is 1. The Morgan fingerprint density at radius 3 is 2.32 bits per heavy atom. The fraction of sp³-hybridized carbons (Fsp3) is 0.312. The number of hydrogen-bond donors (Lipinski definition) is 1. The summed E-state index contributed by atoms with van der Waals surface area (Å²) in [7, 11) is 0. The van der Waals surface area contributed by atoms with Crippen molar-refractivity contribution in [2.75, 3.05) is 5.32 Å². The van der Waals surface area contributed by atoms with Crippen molar-refractivity contribution in [2.45, 2.75) is 26.8 Å². The van der Waals surface area contributed by atoms with Crippen molar-refractivity contribution < 1.29 is 0 Å². The highest BCUT2D eigenvalue weighted by Gasteiger charge is 2.16. The molecule has 1 heterocycles. The average molecular weight is 319 g/mol. The molecule has 0 amide bonds. The van der Waals surface area contributed by atoms with Gasteiger partial charge in [-0.05, 0) is 46.5 Å². The van der Waals surface area contributed by atoms with Crippen LogP contribution in [0.2, 0.25) is 0 Å². The SMILES string of the molecule is Cc1nc(Br)ccc1NC(c1ccccc1)C(C)C. The van der Waals surface area contributed by atoms with Crippen molar-refractivity contribution in [3.8, 4) is 0 Å². The number of pyridine rings is 1. The van der Waals surface area contributed by atoms with E-state index in [4.69, 9.17) is 0 Å². The van der Waals surface area contributed by atoms with Crippen LogP contribution in [-0.2, 0) is 0 Å². The molecule has 0 spiro atoms. The second-order valence-electron chi connectivity index (χ2n) is 5.04. The molecule has 0 aliphatic heterocycles. The first-order valence-electron chi connectivity index (χ1n) is 6.52. The van der Waals surface area contributed by atoms with Crippen LogP contribution in [0.1, 0.15) is 31.1 Å². The molecule has 1 N–H and O–H groups in total. The molecule has 1 atom stereocenters. The van der Waals surface area contributed by atoms with E-state index >= 15 is 0 Å². The molecular formula is C16H19BrN2. The Hall–Kier alpha value is -1.35. The molecule has 1 unspecified atom stereocenters. The summed E-state index contributed by atoms with van der Waals surface area (Å²) in [4.78, 5) is 4.43. The Morgan fingerprint density at radius 1 is 1.05 bits per heavy atom. The first-order valence-corrected chi connectivity index (χ1v) is 7.32. The minimum atomic E-state index is 0.294. The molecular weight excluding hydrogens is 300 g/mol. The highest BCUT2D eigenvalue weighted by atomic mass is 79.9. The number of nitrogens with one attached hydrogen (secondary N) is 1. The molecule has 100 valence electrons. The monoisotopic (exact) mass is 318 g/mol. The van der Waals surface area contributed by atoms with Crippen LogP contribution in [0.4, 0.5) is 5.69 Å². The zero-order chi connectivity index (χ0) is 13.8. The van der Waals surface area contributed by atoms with Crippen LogP contribution in [0.25, 0.3) is 0 Å². The van der Waals surface area contributed by atoms with E-state index in [1.54, 1.807) is 0 Å². The van der Waals surface area contributed by atoms with Gasteiger partial charge in [-0.2, -0.15) is 0 Å². The summed E-state index contributed by atoms with van der Waals surface area (Å²) in [5.41, 5.74) is 3.40.